The van der Waals surface area contributed by atoms with Crippen molar-refractivity contribution in [1.82, 2.24) is 29.9 Å². The number of carbonyl (C=O) groups is 2. The quantitative estimate of drug-likeness (QED) is 0.547. The summed E-state index contributed by atoms with van der Waals surface area (Å²) < 4.78 is 1.96. The minimum atomic E-state index is -0.115. The van der Waals surface area contributed by atoms with Gasteiger partial charge in [-0.05, 0) is 63.6 Å². The molecule has 4 rings (SSSR count). The Labute approximate surface area is 213 Å². The van der Waals surface area contributed by atoms with Crippen LogP contribution in [0.15, 0.2) is 48.8 Å². The third-order valence-corrected chi connectivity index (χ3v) is 6.58. The molecule has 0 saturated carbocycles. The van der Waals surface area contributed by atoms with Crippen molar-refractivity contribution in [3.05, 3.63) is 59.9 Å². The molecule has 3 heterocycles. The Morgan fingerprint density at radius 2 is 1.72 bits per heavy atom. The molecule has 190 valence electrons. The molecule has 0 bridgehead atoms. The standard InChI is InChI=1S/C28H36N6O2/c1-19(2)34-27(8-9-30-34)24-14-23(26-7-6-20(3)17-29-26)15-25(16-24)28(36)31-21(4)18-32-10-12-33(13-11-32)22(5)35/h6-9,14-17,19,21H,10-13,18H2,1-5H3,(H,31,36)/t21-/m1/s1. The maximum absolute atomic E-state index is 13.4. The summed E-state index contributed by atoms with van der Waals surface area (Å²) in [6.45, 7) is 13.7. The van der Waals surface area contributed by atoms with E-state index in [-0.39, 0.29) is 23.9 Å². The lowest BCUT2D eigenvalue weighted by atomic mass is 10.00. The summed E-state index contributed by atoms with van der Waals surface area (Å²) in [6, 6.07) is 12.1. The topological polar surface area (TPSA) is 83.4 Å². The second kappa shape index (κ2) is 11.0. The number of aryl methyl sites for hydroxylation is 1. The van der Waals surface area contributed by atoms with Crippen molar-refractivity contribution in [3.63, 3.8) is 0 Å². The smallest absolute Gasteiger partial charge is 0.251 e. The second-order valence-corrected chi connectivity index (χ2v) is 9.96. The number of pyridine rings is 1. The minimum absolute atomic E-state index is 0.0350. The molecule has 36 heavy (non-hydrogen) atoms. The van der Waals surface area contributed by atoms with Gasteiger partial charge in [-0.1, -0.05) is 6.07 Å². The first-order valence-corrected chi connectivity index (χ1v) is 12.6. The molecule has 1 saturated heterocycles. The van der Waals surface area contributed by atoms with Crippen molar-refractivity contribution in [3.8, 4) is 22.5 Å². The zero-order chi connectivity index (χ0) is 25.8. The van der Waals surface area contributed by atoms with E-state index in [1.54, 1.807) is 13.1 Å². The van der Waals surface area contributed by atoms with Gasteiger partial charge in [0, 0.05) is 80.8 Å². The molecule has 0 unspecified atom stereocenters. The first-order chi connectivity index (χ1) is 17.2. The summed E-state index contributed by atoms with van der Waals surface area (Å²) in [5.74, 6) is 0.00394. The number of carbonyl (C=O) groups excluding carboxylic acids is 2. The van der Waals surface area contributed by atoms with Crippen molar-refractivity contribution >= 4 is 11.8 Å². The summed E-state index contributed by atoms with van der Waals surface area (Å²) in [5, 5.41) is 7.65. The van der Waals surface area contributed by atoms with Gasteiger partial charge >= 0.3 is 0 Å². The number of amides is 2. The SMILES string of the molecule is CC(=O)N1CCN(C[C@@H](C)NC(=O)c2cc(-c3ccc(C)cn3)cc(-c3ccnn3C(C)C)c2)CC1. The van der Waals surface area contributed by atoms with Crippen LogP contribution in [-0.4, -0.2) is 75.1 Å². The van der Waals surface area contributed by atoms with Crippen LogP contribution in [0.2, 0.25) is 0 Å². The van der Waals surface area contributed by atoms with E-state index < -0.39 is 0 Å². The first-order valence-electron chi connectivity index (χ1n) is 12.6. The molecule has 1 atom stereocenters. The van der Waals surface area contributed by atoms with Gasteiger partial charge in [-0.15, -0.1) is 0 Å². The van der Waals surface area contributed by atoms with E-state index >= 15 is 0 Å². The molecule has 2 amide bonds. The van der Waals surface area contributed by atoms with E-state index in [1.165, 1.54) is 0 Å². The summed E-state index contributed by atoms with van der Waals surface area (Å²) >= 11 is 0. The lowest BCUT2D eigenvalue weighted by Gasteiger charge is -2.35. The van der Waals surface area contributed by atoms with E-state index in [0.29, 0.717) is 5.56 Å². The normalized spacial score (nSPS) is 15.2. The van der Waals surface area contributed by atoms with E-state index in [0.717, 1.165) is 60.8 Å². The molecule has 1 aromatic carbocycles. The van der Waals surface area contributed by atoms with Gasteiger partial charge < -0.3 is 10.2 Å². The number of piperazine rings is 1. The van der Waals surface area contributed by atoms with Crippen molar-refractivity contribution in [2.45, 2.75) is 46.7 Å². The van der Waals surface area contributed by atoms with E-state index in [2.05, 4.69) is 40.2 Å². The Hall–Kier alpha value is -3.52. The van der Waals surface area contributed by atoms with E-state index in [9.17, 15) is 9.59 Å². The third-order valence-electron chi connectivity index (χ3n) is 6.58. The molecule has 0 radical (unpaired) electrons. The fourth-order valence-corrected chi connectivity index (χ4v) is 4.63. The number of aromatic nitrogens is 3. The zero-order valence-electron chi connectivity index (χ0n) is 21.9. The van der Waals surface area contributed by atoms with Gasteiger partial charge in [-0.2, -0.15) is 5.10 Å². The molecule has 1 aliphatic rings. The predicted octanol–water partition coefficient (Wildman–Crippen LogP) is 3.78. The average Bonchev–Trinajstić information content (AvgIpc) is 3.35. The Morgan fingerprint density at radius 1 is 1.00 bits per heavy atom. The highest BCUT2D eigenvalue weighted by molar-refractivity contribution is 5.97. The number of hydrogen-bond donors (Lipinski definition) is 1. The van der Waals surface area contributed by atoms with Gasteiger partial charge in [0.1, 0.15) is 0 Å². The maximum atomic E-state index is 13.4. The van der Waals surface area contributed by atoms with Gasteiger partial charge in [-0.25, -0.2) is 0 Å². The van der Waals surface area contributed by atoms with Crippen molar-refractivity contribution in [1.29, 1.82) is 0 Å². The summed E-state index contributed by atoms with van der Waals surface area (Å²) in [7, 11) is 0. The molecule has 2 aromatic heterocycles. The van der Waals surface area contributed by atoms with Gasteiger partial charge in [0.15, 0.2) is 0 Å². The highest BCUT2D eigenvalue weighted by Crippen LogP contribution is 2.29. The third kappa shape index (κ3) is 5.99. The van der Waals surface area contributed by atoms with Crippen LogP contribution < -0.4 is 5.32 Å². The number of nitrogens with zero attached hydrogens (tertiary/aromatic N) is 5. The van der Waals surface area contributed by atoms with Gasteiger partial charge in [0.2, 0.25) is 5.91 Å². The van der Waals surface area contributed by atoms with Gasteiger partial charge in [0.05, 0.1) is 11.4 Å². The van der Waals surface area contributed by atoms with Crippen LogP contribution in [0.3, 0.4) is 0 Å². The molecule has 8 nitrogen and oxygen atoms in total. The van der Waals surface area contributed by atoms with Crippen LogP contribution >= 0.6 is 0 Å². The molecule has 0 aliphatic carbocycles. The van der Waals surface area contributed by atoms with Crippen molar-refractivity contribution in [2.75, 3.05) is 32.7 Å². The summed E-state index contributed by atoms with van der Waals surface area (Å²) in [6.07, 6.45) is 3.63. The van der Waals surface area contributed by atoms with Gasteiger partial charge in [-0.3, -0.25) is 24.2 Å². The lowest BCUT2D eigenvalue weighted by molar-refractivity contribution is -0.130. The monoisotopic (exact) mass is 488 g/mol. The Morgan fingerprint density at radius 3 is 2.36 bits per heavy atom. The fraction of sp³-hybridized carbons (Fsp3) is 0.429. The molecular formula is C28H36N6O2. The van der Waals surface area contributed by atoms with Crippen molar-refractivity contribution < 1.29 is 9.59 Å². The zero-order valence-corrected chi connectivity index (χ0v) is 21.9. The number of benzene rings is 1. The predicted molar refractivity (Wildman–Crippen MR) is 142 cm³/mol. The van der Waals surface area contributed by atoms with Crippen LogP contribution in [0.1, 0.15) is 49.7 Å². The lowest BCUT2D eigenvalue weighted by Crippen LogP contribution is -2.51. The number of nitrogens with one attached hydrogen (secondary N) is 1. The van der Waals surface area contributed by atoms with E-state index in [1.807, 2.05) is 60.0 Å². The van der Waals surface area contributed by atoms with Crippen LogP contribution in [0.25, 0.3) is 22.5 Å². The number of rotatable bonds is 7. The molecule has 1 fully saturated rings. The highest BCUT2D eigenvalue weighted by atomic mass is 16.2. The van der Waals surface area contributed by atoms with E-state index in [4.69, 9.17) is 0 Å². The summed E-state index contributed by atoms with van der Waals surface area (Å²) in [5.41, 5.74) is 5.28. The van der Waals surface area contributed by atoms with Crippen LogP contribution in [0, 0.1) is 6.92 Å². The maximum Gasteiger partial charge on any atom is 0.251 e. The molecule has 0 spiro atoms. The highest BCUT2D eigenvalue weighted by Gasteiger charge is 2.21. The Kier molecular flexibility index (Phi) is 7.84. The minimum Gasteiger partial charge on any atom is -0.348 e. The van der Waals surface area contributed by atoms with Crippen LogP contribution in [-0.2, 0) is 4.79 Å². The Bertz CT molecular complexity index is 1210. The van der Waals surface area contributed by atoms with Crippen LogP contribution in [0.5, 0.6) is 0 Å². The average molecular weight is 489 g/mol. The van der Waals surface area contributed by atoms with Crippen LogP contribution in [0.4, 0.5) is 0 Å². The second-order valence-electron chi connectivity index (χ2n) is 9.96. The first kappa shape index (κ1) is 25.6. The Balaban J connectivity index is 1.56. The molecule has 1 aliphatic heterocycles. The molecule has 1 N–H and O–H groups in total. The van der Waals surface area contributed by atoms with Gasteiger partial charge in [0.25, 0.3) is 5.91 Å². The van der Waals surface area contributed by atoms with Crippen molar-refractivity contribution in [2.24, 2.45) is 0 Å². The molecule has 3 aromatic rings. The number of hydrogen-bond acceptors (Lipinski definition) is 5. The molecule has 8 heteroatoms. The molecular weight excluding hydrogens is 452 g/mol. The largest absolute Gasteiger partial charge is 0.348 e. The summed E-state index contributed by atoms with van der Waals surface area (Å²) in [4.78, 5) is 33.7. The fourth-order valence-electron chi connectivity index (χ4n) is 4.63.